The molecule has 0 atom stereocenters. The number of nitrogens with one attached hydrogen (secondary N) is 1. The number of rotatable bonds is 5. The summed E-state index contributed by atoms with van der Waals surface area (Å²) in [6, 6.07) is 3.58. The standard InChI is InChI=1S/C18H17Cl2N3O/c1-21-18-22-9-13(10-23-18)12-4-3-11(5-12)6-15-16(19)7-14(24-2)8-17(15)20/h3-4,7-10H,5-6H2,1-2H3,(H,21,22,23). The van der Waals surface area contributed by atoms with Crippen LogP contribution in [0.1, 0.15) is 17.5 Å². The first-order valence-corrected chi connectivity index (χ1v) is 8.27. The van der Waals surface area contributed by atoms with Crippen molar-refractivity contribution >= 4 is 34.7 Å². The molecule has 124 valence electrons. The SMILES string of the molecule is CNc1ncc(C2=CC=C(Cc3c(Cl)cc(OC)cc3Cl)C2)cn1. The zero-order valence-electron chi connectivity index (χ0n) is 13.4. The molecule has 1 aliphatic carbocycles. The van der Waals surface area contributed by atoms with E-state index in [0.717, 1.165) is 17.5 Å². The third kappa shape index (κ3) is 3.55. The fourth-order valence-electron chi connectivity index (χ4n) is 2.62. The Kier molecular flexibility index (Phi) is 5.07. The molecule has 2 aromatic rings. The molecule has 3 rings (SSSR count). The predicted molar refractivity (Wildman–Crippen MR) is 99.0 cm³/mol. The molecule has 1 aliphatic rings. The van der Waals surface area contributed by atoms with Gasteiger partial charge in [0.25, 0.3) is 0 Å². The molecule has 4 nitrogen and oxygen atoms in total. The highest BCUT2D eigenvalue weighted by Gasteiger charge is 2.15. The van der Waals surface area contributed by atoms with Crippen LogP contribution in [0.25, 0.3) is 5.57 Å². The molecule has 24 heavy (non-hydrogen) atoms. The molecule has 0 saturated carbocycles. The van der Waals surface area contributed by atoms with Crippen molar-refractivity contribution in [2.45, 2.75) is 12.8 Å². The summed E-state index contributed by atoms with van der Waals surface area (Å²) >= 11 is 12.7. The molecule has 1 N–H and O–H groups in total. The second-order valence-corrected chi connectivity index (χ2v) is 6.30. The van der Waals surface area contributed by atoms with Crippen molar-refractivity contribution < 1.29 is 4.74 Å². The van der Waals surface area contributed by atoms with E-state index in [1.807, 2.05) is 12.4 Å². The molecule has 1 aromatic carbocycles. The fourth-order valence-corrected chi connectivity index (χ4v) is 3.22. The number of benzene rings is 1. The lowest BCUT2D eigenvalue weighted by molar-refractivity contribution is 0.414. The zero-order chi connectivity index (χ0) is 17.1. The lowest BCUT2D eigenvalue weighted by atomic mass is 10.00. The van der Waals surface area contributed by atoms with Crippen LogP contribution in [0.4, 0.5) is 5.95 Å². The molecular formula is C18H17Cl2N3O. The molecule has 1 aromatic heterocycles. The van der Waals surface area contributed by atoms with Gasteiger partial charge in [0.05, 0.1) is 7.11 Å². The van der Waals surface area contributed by atoms with Gasteiger partial charge in [0.1, 0.15) is 5.75 Å². The summed E-state index contributed by atoms with van der Waals surface area (Å²) in [6.07, 6.45) is 9.40. The minimum atomic E-state index is 0.613. The van der Waals surface area contributed by atoms with Gasteiger partial charge in [-0.25, -0.2) is 9.97 Å². The molecule has 0 bridgehead atoms. The van der Waals surface area contributed by atoms with E-state index in [-0.39, 0.29) is 0 Å². The number of aromatic nitrogens is 2. The van der Waals surface area contributed by atoms with Gasteiger partial charge in [-0.05, 0) is 36.1 Å². The van der Waals surface area contributed by atoms with Crippen LogP contribution in [-0.4, -0.2) is 24.1 Å². The van der Waals surface area contributed by atoms with E-state index in [2.05, 4.69) is 27.4 Å². The van der Waals surface area contributed by atoms with Gasteiger partial charge in [0.2, 0.25) is 5.95 Å². The van der Waals surface area contributed by atoms with Gasteiger partial charge in [-0.15, -0.1) is 0 Å². The van der Waals surface area contributed by atoms with Gasteiger partial charge in [0.15, 0.2) is 0 Å². The summed E-state index contributed by atoms with van der Waals surface area (Å²) in [4.78, 5) is 8.51. The summed E-state index contributed by atoms with van der Waals surface area (Å²) in [6.45, 7) is 0. The van der Waals surface area contributed by atoms with Crippen LogP contribution in [0.15, 0.2) is 42.3 Å². The molecule has 0 radical (unpaired) electrons. The first-order chi connectivity index (χ1) is 11.6. The molecule has 0 saturated heterocycles. The fraction of sp³-hybridized carbons (Fsp3) is 0.222. The molecule has 1 heterocycles. The Morgan fingerprint density at radius 2 is 1.79 bits per heavy atom. The van der Waals surface area contributed by atoms with Gasteiger partial charge in [-0.3, -0.25) is 0 Å². The van der Waals surface area contributed by atoms with Crippen LogP contribution in [-0.2, 0) is 6.42 Å². The topological polar surface area (TPSA) is 47.0 Å². The van der Waals surface area contributed by atoms with Gasteiger partial charge < -0.3 is 10.1 Å². The lowest BCUT2D eigenvalue weighted by Gasteiger charge is -2.11. The van der Waals surface area contributed by atoms with Gasteiger partial charge in [-0.2, -0.15) is 0 Å². The van der Waals surface area contributed by atoms with Crippen molar-refractivity contribution in [2.75, 3.05) is 19.5 Å². The van der Waals surface area contributed by atoms with E-state index < -0.39 is 0 Å². The Bertz CT molecular complexity index is 791. The molecular weight excluding hydrogens is 345 g/mol. The highest BCUT2D eigenvalue weighted by molar-refractivity contribution is 6.36. The second kappa shape index (κ2) is 7.24. The van der Waals surface area contributed by atoms with E-state index in [1.165, 1.54) is 11.1 Å². The van der Waals surface area contributed by atoms with Crippen LogP contribution in [0.2, 0.25) is 10.0 Å². The van der Waals surface area contributed by atoms with E-state index in [0.29, 0.717) is 28.2 Å². The maximum Gasteiger partial charge on any atom is 0.222 e. The molecule has 0 fully saturated rings. The van der Waals surface area contributed by atoms with Crippen molar-refractivity contribution in [3.63, 3.8) is 0 Å². The van der Waals surface area contributed by atoms with Gasteiger partial charge in [0, 0.05) is 35.1 Å². The van der Waals surface area contributed by atoms with Crippen LogP contribution in [0, 0.1) is 0 Å². The zero-order valence-corrected chi connectivity index (χ0v) is 14.9. The van der Waals surface area contributed by atoms with Crippen molar-refractivity contribution in [3.05, 3.63) is 63.4 Å². The Labute approximate surface area is 151 Å². The number of methoxy groups -OCH3 is 1. The number of hydrogen-bond donors (Lipinski definition) is 1. The minimum Gasteiger partial charge on any atom is -0.497 e. The molecule has 0 spiro atoms. The third-order valence-corrected chi connectivity index (χ3v) is 4.61. The molecule has 0 amide bonds. The Balaban J connectivity index is 1.71. The largest absolute Gasteiger partial charge is 0.497 e. The van der Waals surface area contributed by atoms with Crippen LogP contribution < -0.4 is 10.1 Å². The van der Waals surface area contributed by atoms with Crippen LogP contribution in [0.5, 0.6) is 5.75 Å². The summed E-state index contributed by atoms with van der Waals surface area (Å²) in [5.74, 6) is 1.28. The number of ether oxygens (including phenoxy) is 1. The van der Waals surface area contributed by atoms with E-state index >= 15 is 0 Å². The molecule has 0 unspecified atom stereocenters. The minimum absolute atomic E-state index is 0.613. The monoisotopic (exact) mass is 361 g/mol. The normalized spacial score (nSPS) is 13.5. The van der Waals surface area contributed by atoms with E-state index in [9.17, 15) is 0 Å². The average molecular weight is 362 g/mol. The summed E-state index contributed by atoms with van der Waals surface area (Å²) in [5.41, 5.74) is 4.37. The highest BCUT2D eigenvalue weighted by atomic mass is 35.5. The molecule has 6 heteroatoms. The van der Waals surface area contributed by atoms with Crippen LogP contribution >= 0.6 is 23.2 Å². The van der Waals surface area contributed by atoms with Crippen molar-refractivity contribution in [2.24, 2.45) is 0 Å². The number of allylic oxidation sites excluding steroid dienone is 4. The lowest BCUT2D eigenvalue weighted by Crippen LogP contribution is -1.97. The highest BCUT2D eigenvalue weighted by Crippen LogP contribution is 2.35. The number of nitrogens with zero attached hydrogens (tertiary/aromatic N) is 2. The number of anilines is 1. The third-order valence-electron chi connectivity index (χ3n) is 3.94. The van der Waals surface area contributed by atoms with Crippen molar-refractivity contribution in [1.29, 1.82) is 0 Å². The van der Waals surface area contributed by atoms with Crippen molar-refractivity contribution in [3.8, 4) is 5.75 Å². The first-order valence-electron chi connectivity index (χ1n) is 7.51. The van der Waals surface area contributed by atoms with Crippen molar-refractivity contribution in [1.82, 2.24) is 9.97 Å². The Morgan fingerprint density at radius 1 is 1.12 bits per heavy atom. The number of halogens is 2. The quantitative estimate of drug-likeness (QED) is 0.831. The number of hydrogen-bond acceptors (Lipinski definition) is 4. The Hall–Kier alpha value is -2.04. The average Bonchev–Trinajstić information content (AvgIpc) is 3.06. The maximum atomic E-state index is 6.34. The first kappa shape index (κ1) is 16.8. The van der Waals surface area contributed by atoms with Gasteiger partial charge in [-0.1, -0.05) is 40.9 Å². The summed E-state index contributed by atoms with van der Waals surface area (Å²) in [5, 5.41) is 4.16. The second-order valence-electron chi connectivity index (χ2n) is 5.49. The molecule has 0 aliphatic heterocycles. The summed E-state index contributed by atoms with van der Waals surface area (Å²) < 4.78 is 5.18. The predicted octanol–water partition coefficient (Wildman–Crippen LogP) is 4.79. The smallest absolute Gasteiger partial charge is 0.222 e. The maximum absolute atomic E-state index is 6.34. The summed E-state index contributed by atoms with van der Waals surface area (Å²) in [7, 11) is 3.39. The van der Waals surface area contributed by atoms with E-state index in [4.69, 9.17) is 27.9 Å². The van der Waals surface area contributed by atoms with E-state index in [1.54, 1.807) is 26.3 Å². The van der Waals surface area contributed by atoms with Crippen LogP contribution in [0.3, 0.4) is 0 Å². The van der Waals surface area contributed by atoms with Gasteiger partial charge >= 0.3 is 0 Å². The Morgan fingerprint density at radius 3 is 2.38 bits per heavy atom.